The van der Waals surface area contributed by atoms with Crippen molar-refractivity contribution in [3.63, 3.8) is 0 Å². The van der Waals surface area contributed by atoms with E-state index in [1.54, 1.807) is 0 Å². The van der Waals surface area contributed by atoms with Gasteiger partial charge in [-0.25, -0.2) is 0 Å². The van der Waals surface area contributed by atoms with E-state index < -0.39 is 17.8 Å². The number of halogens is 4. The highest BCUT2D eigenvalue weighted by molar-refractivity contribution is 6.31. The van der Waals surface area contributed by atoms with Crippen molar-refractivity contribution in [2.75, 3.05) is 32.8 Å². The minimum atomic E-state index is -4.46. The second-order valence-corrected chi connectivity index (χ2v) is 5.42. The molecule has 1 heterocycles. The molecule has 1 aliphatic heterocycles. The molecular weight excluding hydrogens is 305 g/mol. The molecule has 1 saturated heterocycles. The molecule has 2 rings (SSSR count). The first kappa shape index (κ1) is 16.5. The summed E-state index contributed by atoms with van der Waals surface area (Å²) in [7, 11) is 0. The molecule has 21 heavy (non-hydrogen) atoms. The van der Waals surface area contributed by atoms with Crippen LogP contribution in [0.2, 0.25) is 5.02 Å². The van der Waals surface area contributed by atoms with Crippen molar-refractivity contribution in [1.29, 1.82) is 0 Å². The summed E-state index contributed by atoms with van der Waals surface area (Å²) in [5, 5.41) is 12.5. The zero-order valence-corrected chi connectivity index (χ0v) is 12.2. The minimum Gasteiger partial charge on any atom is -0.396 e. The van der Waals surface area contributed by atoms with Gasteiger partial charge in [0.05, 0.1) is 5.56 Å². The maximum atomic E-state index is 13.2. The van der Waals surface area contributed by atoms with Crippen LogP contribution >= 0.6 is 11.6 Å². The Morgan fingerprint density at radius 2 is 1.95 bits per heavy atom. The van der Waals surface area contributed by atoms with Crippen molar-refractivity contribution in [2.45, 2.75) is 18.6 Å². The second-order valence-electron chi connectivity index (χ2n) is 5.01. The van der Waals surface area contributed by atoms with Gasteiger partial charge in [0.25, 0.3) is 0 Å². The summed E-state index contributed by atoms with van der Waals surface area (Å²) in [6.45, 7) is 2.51. The highest BCUT2D eigenvalue weighted by atomic mass is 35.5. The summed E-state index contributed by atoms with van der Waals surface area (Å²) in [6.07, 6.45) is -4.23. The highest BCUT2D eigenvalue weighted by Crippen LogP contribution is 2.41. The Morgan fingerprint density at radius 3 is 2.52 bits per heavy atom. The van der Waals surface area contributed by atoms with Gasteiger partial charge >= 0.3 is 6.18 Å². The Kier molecular flexibility index (Phi) is 5.48. The SMILES string of the molecule is OCC[C@@H](c1c(Cl)cccc1C(F)(F)F)N1CCNCC1. The predicted octanol–water partition coefficient (Wildman–Crippen LogP) is 2.69. The topological polar surface area (TPSA) is 35.5 Å². The Bertz CT molecular complexity index is 476. The average Bonchev–Trinajstić information content (AvgIpc) is 2.45. The highest BCUT2D eigenvalue weighted by Gasteiger charge is 2.37. The van der Waals surface area contributed by atoms with E-state index in [1.807, 2.05) is 4.90 Å². The molecule has 2 N–H and O–H groups in total. The lowest BCUT2D eigenvalue weighted by Crippen LogP contribution is -2.45. The van der Waals surface area contributed by atoms with Gasteiger partial charge in [-0.15, -0.1) is 0 Å². The molecule has 0 radical (unpaired) electrons. The van der Waals surface area contributed by atoms with Gasteiger partial charge in [0.2, 0.25) is 0 Å². The van der Waals surface area contributed by atoms with Crippen LogP contribution in [0.4, 0.5) is 13.2 Å². The van der Waals surface area contributed by atoms with Crippen LogP contribution < -0.4 is 5.32 Å². The van der Waals surface area contributed by atoms with Crippen molar-refractivity contribution in [2.24, 2.45) is 0 Å². The largest absolute Gasteiger partial charge is 0.416 e. The van der Waals surface area contributed by atoms with E-state index in [9.17, 15) is 18.3 Å². The Morgan fingerprint density at radius 1 is 1.29 bits per heavy atom. The van der Waals surface area contributed by atoms with E-state index in [4.69, 9.17) is 11.6 Å². The van der Waals surface area contributed by atoms with Gasteiger partial charge in [-0.2, -0.15) is 13.2 Å². The van der Waals surface area contributed by atoms with Crippen LogP contribution in [0.25, 0.3) is 0 Å². The van der Waals surface area contributed by atoms with Gasteiger partial charge in [0, 0.05) is 49.4 Å². The maximum absolute atomic E-state index is 13.2. The molecule has 1 aromatic rings. The lowest BCUT2D eigenvalue weighted by atomic mass is 9.95. The quantitative estimate of drug-likeness (QED) is 0.894. The van der Waals surface area contributed by atoms with Gasteiger partial charge < -0.3 is 10.4 Å². The van der Waals surface area contributed by atoms with Gasteiger partial charge in [0.1, 0.15) is 0 Å². The maximum Gasteiger partial charge on any atom is 0.416 e. The number of nitrogens with one attached hydrogen (secondary N) is 1. The third kappa shape index (κ3) is 3.88. The summed E-state index contributed by atoms with van der Waals surface area (Å²) in [6, 6.07) is 3.30. The average molecular weight is 323 g/mol. The van der Waals surface area contributed by atoms with Crippen molar-refractivity contribution in [3.05, 3.63) is 34.3 Å². The molecule has 118 valence electrons. The van der Waals surface area contributed by atoms with Crippen LogP contribution in [0.15, 0.2) is 18.2 Å². The van der Waals surface area contributed by atoms with Gasteiger partial charge in [0.15, 0.2) is 0 Å². The second kappa shape index (κ2) is 6.96. The Hall–Kier alpha value is -0.820. The monoisotopic (exact) mass is 322 g/mol. The van der Waals surface area contributed by atoms with Crippen molar-refractivity contribution < 1.29 is 18.3 Å². The molecule has 1 atom stereocenters. The number of hydrogen-bond acceptors (Lipinski definition) is 3. The van der Waals surface area contributed by atoms with Crippen LogP contribution in [-0.2, 0) is 6.18 Å². The number of aliphatic hydroxyl groups is 1. The predicted molar refractivity (Wildman–Crippen MR) is 75.3 cm³/mol. The van der Waals surface area contributed by atoms with Gasteiger partial charge in [-0.05, 0) is 18.6 Å². The molecule has 0 spiro atoms. The van der Waals surface area contributed by atoms with Crippen LogP contribution in [0.5, 0.6) is 0 Å². The molecular formula is C14H18ClF3N2O. The number of piperazine rings is 1. The van der Waals surface area contributed by atoms with E-state index in [1.165, 1.54) is 12.1 Å². The third-order valence-electron chi connectivity index (χ3n) is 3.69. The number of nitrogens with zero attached hydrogens (tertiary/aromatic N) is 1. The first-order valence-corrected chi connectivity index (χ1v) is 7.24. The van der Waals surface area contributed by atoms with E-state index in [0.717, 1.165) is 6.07 Å². The van der Waals surface area contributed by atoms with Crippen LogP contribution in [0.1, 0.15) is 23.6 Å². The summed E-state index contributed by atoms with van der Waals surface area (Å²) >= 11 is 6.06. The molecule has 0 unspecified atom stereocenters. The first-order chi connectivity index (χ1) is 9.95. The lowest BCUT2D eigenvalue weighted by Gasteiger charge is -2.36. The number of rotatable bonds is 4. The molecule has 0 aromatic heterocycles. The fourth-order valence-corrected chi connectivity index (χ4v) is 3.05. The lowest BCUT2D eigenvalue weighted by molar-refractivity contribution is -0.138. The minimum absolute atomic E-state index is 0.0719. The zero-order valence-electron chi connectivity index (χ0n) is 11.5. The van der Waals surface area contributed by atoms with Gasteiger partial charge in [-0.3, -0.25) is 4.90 Å². The van der Waals surface area contributed by atoms with Crippen LogP contribution in [-0.4, -0.2) is 42.8 Å². The Balaban J connectivity index is 2.43. The molecule has 0 bridgehead atoms. The number of hydrogen-bond donors (Lipinski definition) is 2. The van der Waals surface area contributed by atoms with E-state index in [0.29, 0.717) is 26.2 Å². The molecule has 3 nitrogen and oxygen atoms in total. The summed E-state index contributed by atoms with van der Waals surface area (Å²) in [5.41, 5.74) is -0.644. The fourth-order valence-electron chi connectivity index (χ4n) is 2.75. The number of benzene rings is 1. The van der Waals surface area contributed by atoms with Crippen molar-refractivity contribution in [3.8, 4) is 0 Å². The molecule has 1 aromatic carbocycles. The molecule has 0 amide bonds. The fraction of sp³-hybridized carbons (Fsp3) is 0.571. The summed E-state index contributed by atoms with van der Waals surface area (Å²) in [5.74, 6) is 0. The number of alkyl halides is 3. The van der Waals surface area contributed by atoms with E-state index in [2.05, 4.69) is 5.32 Å². The van der Waals surface area contributed by atoms with Crippen LogP contribution in [0.3, 0.4) is 0 Å². The molecule has 1 aliphatic rings. The molecule has 7 heteroatoms. The zero-order chi connectivity index (χ0) is 15.5. The third-order valence-corrected chi connectivity index (χ3v) is 4.02. The molecule has 0 saturated carbocycles. The number of aliphatic hydroxyl groups excluding tert-OH is 1. The van der Waals surface area contributed by atoms with E-state index >= 15 is 0 Å². The summed E-state index contributed by atoms with van der Waals surface area (Å²) in [4.78, 5) is 1.95. The summed E-state index contributed by atoms with van der Waals surface area (Å²) < 4.78 is 39.7. The van der Waals surface area contributed by atoms with Crippen molar-refractivity contribution in [1.82, 2.24) is 10.2 Å². The molecule has 0 aliphatic carbocycles. The smallest absolute Gasteiger partial charge is 0.396 e. The molecule has 1 fully saturated rings. The van der Waals surface area contributed by atoms with Gasteiger partial charge in [-0.1, -0.05) is 17.7 Å². The van der Waals surface area contributed by atoms with E-state index in [-0.39, 0.29) is 23.6 Å². The van der Waals surface area contributed by atoms with Crippen molar-refractivity contribution >= 4 is 11.6 Å². The Labute approximate surface area is 126 Å². The first-order valence-electron chi connectivity index (χ1n) is 6.86. The normalized spacial score (nSPS) is 18.7. The standard InChI is InChI=1S/C14H18ClF3N2O/c15-11-3-1-2-10(14(16,17)18)13(11)12(4-9-21)20-7-5-19-6-8-20/h1-3,12,19,21H,4-9H2/t12-/m0/s1. The van der Waals surface area contributed by atoms with Crippen LogP contribution in [0, 0.1) is 0 Å².